The summed E-state index contributed by atoms with van der Waals surface area (Å²) in [4.78, 5) is 15.1. The van der Waals surface area contributed by atoms with Gasteiger partial charge in [-0.15, -0.1) is 0 Å². The summed E-state index contributed by atoms with van der Waals surface area (Å²) >= 11 is 0. The number of methoxy groups -OCH3 is 1. The average molecular weight is 435 g/mol. The number of aromatic nitrogens is 2. The molecular weight excluding hydrogens is 404 g/mol. The number of rotatable bonds is 7. The van der Waals surface area contributed by atoms with Crippen LogP contribution in [0.15, 0.2) is 23.1 Å². The molecule has 1 aromatic carbocycles. The van der Waals surface area contributed by atoms with Gasteiger partial charge < -0.3 is 9.64 Å². The molecule has 0 saturated carbocycles. The number of fused-ring (bicyclic) bond motifs is 1. The number of sulfonamides is 1. The van der Waals surface area contributed by atoms with E-state index in [1.165, 1.54) is 8.99 Å². The van der Waals surface area contributed by atoms with Crippen LogP contribution in [0.1, 0.15) is 37.2 Å². The Bertz CT molecular complexity index is 1040. The quantitative estimate of drug-likeness (QED) is 0.669. The number of hydrogen-bond donors (Lipinski definition) is 0. The molecule has 2 aromatic rings. The van der Waals surface area contributed by atoms with Crippen molar-refractivity contribution < 1.29 is 17.9 Å². The number of nitrogens with zero attached hydrogens (tertiary/aromatic N) is 4. The first-order chi connectivity index (χ1) is 14.2. The van der Waals surface area contributed by atoms with Gasteiger partial charge in [0.05, 0.1) is 18.5 Å². The number of hydrogen-bond acceptors (Lipinski definition) is 5. The number of amides is 1. The van der Waals surface area contributed by atoms with Crippen LogP contribution < -0.4 is 9.64 Å². The van der Waals surface area contributed by atoms with Crippen LogP contribution in [0.2, 0.25) is 0 Å². The predicted octanol–water partition coefficient (Wildman–Crippen LogP) is 2.52. The van der Waals surface area contributed by atoms with Crippen molar-refractivity contribution in [1.29, 1.82) is 0 Å². The van der Waals surface area contributed by atoms with Gasteiger partial charge in [0.15, 0.2) is 0 Å². The number of benzene rings is 1. The summed E-state index contributed by atoms with van der Waals surface area (Å²) in [5, 5.41) is 4.39. The van der Waals surface area contributed by atoms with Crippen LogP contribution in [0.25, 0.3) is 0 Å². The van der Waals surface area contributed by atoms with E-state index in [9.17, 15) is 13.2 Å². The minimum absolute atomic E-state index is 0.00802. The molecule has 3 rings (SSSR count). The summed E-state index contributed by atoms with van der Waals surface area (Å²) < 4.78 is 34.3. The molecule has 0 atom stereocenters. The van der Waals surface area contributed by atoms with Crippen molar-refractivity contribution in [2.45, 2.75) is 52.0 Å². The molecule has 164 valence electrons. The van der Waals surface area contributed by atoms with Gasteiger partial charge in [0, 0.05) is 25.3 Å². The van der Waals surface area contributed by atoms with Crippen molar-refractivity contribution in [2.24, 2.45) is 0 Å². The summed E-state index contributed by atoms with van der Waals surface area (Å²) in [6.07, 6.45) is 1.76. The Morgan fingerprint density at radius 1 is 1.23 bits per heavy atom. The third-order valence-corrected chi connectivity index (χ3v) is 7.91. The Morgan fingerprint density at radius 3 is 2.57 bits per heavy atom. The van der Waals surface area contributed by atoms with E-state index in [1.54, 1.807) is 25.9 Å². The van der Waals surface area contributed by atoms with Crippen molar-refractivity contribution in [3.63, 3.8) is 0 Å². The second kappa shape index (κ2) is 8.77. The highest BCUT2D eigenvalue weighted by atomic mass is 32.2. The van der Waals surface area contributed by atoms with E-state index in [2.05, 4.69) is 5.10 Å². The average Bonchev–Trinajstić information content (AvgIpc) is 3.01. The van der Waals surface area contributed by atoms with Gasteiger partial charge in [0.2, 0.25) is 15.9 Å². The van der Waals surface area contributed by atoms with E-state index in [0.717, 1.165) is 29.8 Å². The molecule has 0 aliphatic carbocycles. The maximum absolute atomic E-state index is 13.1. The molecule has 0 fully saturated rings. The zero-order chi connectivity index (χ0) is 22.1. The molecule has 1 amide bonds. The first-order valence-corrected chi connectivity index (χ1v) is 11.7. The van der Waals surface area contributed by atoms with Crippen molar-refractivity contribution >= 4 is 21.6 Å². The maximum Gasteiger partial charge on any atom is 0.248 e. The van der Waals surface area contributed by atoms with E-state index < -0.39 is 10.0 Å². The smallest absolute Gasteiger partial charge is 0.248 e. The summed E-state index contributed by atoms with van der Waals surface area (Å²) in [5.41, 5.74) is 2.85. The summed E-state index contributed by atoms with van der Waals surface area (Å²) in [5.74, 6) is 0.659. The van der Waals surface area contributed by atoms with Gasteiger partial charge >= 0.3 is 0 Å². The molecular formula is C21H30N4O4S. The first kappa shape index (κ1) is 22.3. The highest BCUT2D eigenvalue weighted by Crippen LogP contribution is 2.31. The Hall–Kier alpha value is -2.39. The zero-order valence-corrected chi connectivity index (χ0v) is 19.1. The molecule has 0 spiro atoms. The van der Waals surface area contributed by atoms with E-state index in [4.69, 9.17) is 4.74 Å². The molecule has 0 radical (unpaired) electrons. The van der Waals surface area contributed by atoms with E-state index in [0.29, 0.717) is 31.0 Å². The van der Waals surface area contributed by atoms with Crippen LogP contribution in [0.4, 0.5) is 5.69 Å². The van der Waals surface area contributed by atoms with Crippen molar-refractivity contribution in [3.8, 4) is 5.75 Å². The molecule has 2 heterocycles. The number of anilines is 1. The van der Waals surface area contributed by atoms with E-state index in [-0.39, 0.29) is 17.3 Å². The third-order valence-electron chi connectivity index (χ3n) is 5.61. The molecule has 1 aliphatic rings. The number of aryl methyl sites for hydroxylation is 2. The fourth-order valence-corrected chi connectivity index (χ4v) is 5.90. The van der Waals surface area contributed by atoms with Crippen LogP contribution >= 0.6 is 0 Å². The fraction of sp³-hybridized carbons (Fsp3) is 0.524. The number of carbonyl (C=O) groups is 1. The lowest BCUT2D eigenvalue weighted by Gasteiger charge is -2.30. The maximum atomic E-state index is 13.1. The Labute approximate surface area is 178 Å². The largest absolute Gasteiger partial charge is 0.497 e. The lowest BCUT2D eigenvalue weighted by Crippen LogP contribution is -2.38. The van der Waals surface area contributed by atoms with Gasteiger partial charge in [0.1, 0.15) is 17.2 Å². The van der Waals surface area contributed by atoms with Crippen LogP contribution in [-0.2, 0) is 27.8 Å². The third kappa shape index (κ3) is 3.96. The molecule has 0 saturated heterocycles. The molecule has 0 bridgehead atoms. The van der Waals surface area contributed by atoms with Crippen molar-refractivity contribution in [2.75, 3.05) is 31.6 Å². The van der Waals surface area contributed by atoms with Crippen LogP contribution in [-0.4, -0.2) is 55.2 Å². The molecule has 0 N–H and O–H groups in total. The number of carbonyl (C=O) groups excluding carboxylic acids is 1. The Morgan fingerprint density at radius 2 is 1.93 bits per heavy atom. The molecule has 9 heteroatoms. The van der Waals surface area contributed by atoms with Crippen LogP contribution in [0, 0.1) is 13.8 Å². The molecule has 0 unspecified atom stereocenters. The topological polar surface area (TPSA) is 84.7 Å². The second-order valence-corrected chi connectivity index (χ2v) is 9.27. The molecule has 30 heavy (non-hydrogen) atoms. The minimum Gasteiger partial charge on any atom is -0.497 e. The fourth-order valence-electron chi connectivity index (χ4n) is 4.07. The lowest BCUT2D eigenvalue weighted by atomic mass is 10.0. The Balaban J connectivity index is 1.89. The highest BCUT2D eigenvalue weighted by molar-refractivity contribution is 7.89. The Kier molecular flexibility index (Phi) is 6.52. The SMILES string of the molecule is CCN(CC)S(=O)(=O)c1c(C)nn(CC(=O)N2CCCc3cc(OC)ccc32)c1C. The predicted molar refractivity (Wildman–Crippen MR) is 115 cm³/mol. The van der Waals surface area contributed by atoms with E-state index in [1.807, 2.05) is 32.0 Å². The molecule has 8 nitrogen and oxygen atoms in total. The zero-order valence-electron chi connectivity index (χ0n) is 18.3. The number of ether oxygens (including phenoxy) is 1. The molecule has 1 aliphatic heterocycles. The summed E-state index contributed by atoms with van der Waals surface area (Å²) in [6.45, 7) is 8.39. The minimum atomic E-state index is -3.65. The van der Waals surface area contributed by atoms with Gasteiger partial charge in [0.25, 0.3) is 0 Å². The summed E-state index contributed by atoms with van der Waals surface area (Å²) in [6, 6.07) is 5.72. The standard InChI is InChI=1S/C21H30N4O4S/c1-6-23(7-2)30(27,28)21-15(3)22-25(16(21)4)14-20(26)24-12-8-9-17-13-18(29-5)10-11-19(17)24/h10-11,13H,6-9,12,14H2,1-5H3. The lowest BCUT2D eigenvalue weighted by molar-refractivity contribution is -0.119. The summed E-state index contributed by atoms with van der Waals surface area (Å²) in [7, 11) is -2.02. The first-order valence-electron chi connectivity index (χ1n) is 10.3. The van der Waals surface area contributed by atoms with Gasteiger partial charge in [-0.1, -0.05) is 13.8 Å². The normalized spacial score (nSPS) is 14.1. The van der Waals surface area contributed by atoms with Gasteiger partial charge in [-0.3, -0.25) is 9.48 Å². The van der Waals surface area contributed by atoms with Crippen LogP contribution in [0.5, 0.6) is 5.75 Å². The highest BCUT2D eigenvalue weighted by Gasteiger charge is 2.30. The van der Waals surface area contributed by atoms with Gasteiger partial charge in [-0.2, -0.15) is 9.40 Å². The second-order valence-electron chi connectivity index (χ2n) is 7.39. The van der Waals surface area contributed by atoms with E-state index >= 15 is 0 Å². The van der Waals surface area contributed by atoms with Crippen molar-refractivity contribution in [3.05, 3.63) is 35.2 Å². The van der Waals surface area contributed by atoms with Gasteiger partial charge in [-0.05, 0) is 50.5 Å². The van der Waals surface area contributed by atoms with Crippen LogP contribution in [0.3, 0.4) is 0 Å². The molecule has 1 aromatic heterocycles. The van der Waals surface area contributed by atoms with Gasteiger partial charge in [-0.25, -0.2) is 8.42 Å². The van der Waals surface area contributed by atoms with Crippen molar-refractivity contribution in [1.82, 2.24) is 14.1 Å². The monoisotopic (exact) mass is 434 g/mol.